The summed E-state index contributed by atoms with van der Waals surface area (Å²) in [5, 5.41) is 3.45. The van der Waals surface area contributed by atoms with Crippen molar-refractivity contribution in [3.05, 3.63) is 34.6 Å². The average Bonchev–Trinajstić information content (AvgIpc) is 2.09. The standard InChI is InChI=1S/C11H13ClFN/c1-14-9-4-8(5-9)7-2-3-11(13)10(12)6-7/h2-3,6,8-9,14H,4-5H2,1H3. The Morgan fingerprint density at radius 1 is 1.43 bits per heavy atom. The molecule has 0 radical (unpaired) electrons. The Labute approximate surface area is 88.3 Å². The van der Waals surface area contributed by atoms with E-state index in [-0.39, 0.29) is 10.8 Å². The van der Waals surface area contributed by atoms with Crippen LogP contribution in [-0.2, 0) is 0 Å². The molecule has 0 heterocycles. The van der Waals surface area contributed by atoms with Crippen molar-refractivity contribution >= 4 is 11.6 Å². The molecular formula is C11H13ClFN. The molecule has 0 bridgehead atoms. The van der Waals surface area contributed by atoms with Gasteiger partial charge < -0.3 is 5.32 Å². The van der Waals surface area contributed by atoms with Crippen molar-refractivity contribution in [1.29, 1.82) is 0 Å². The molecule has 1 nitrogen and oxygen atoms in total. The summed E-state index contributed by atoms with van der Waals surface area (Å²) in [4.78, 5) is 0. The highest BCUT2D eigenvalue weighted by Gasteiger charge is 2.29. The minimum absolute atomic E-state index is 0.232. The Morgan fingerprint density at radius 3 is 2.71 bits per heavy atom. The first-order chi connectivity index (χ1) is 6.70. The Balaban J connectivity index is 2.08. The molecule has 2 rings (SSSR count). The van der Waals surface area contributed by atoms with Gasteiger partial charge in [-0.25, -0.2) is 4.39 Å². The first-order valence-electron chi connectivity index (χ1n) is 4.83. The van der Waals surface area contributed by atoms with E-state index in [1.807, 2.05) is 13.1 Å². The third-order valence-electron chi connectivity index (χ3n) is 2.96. The molecule has 0 spiro atoms. The fourth-order valence-corrected chi connectivity index (χ4v) is 2.08. The molecule has 0 atom stereocenters. The van der Waals surface area contributed by atoms with Crippen LogP contribution >= 0.6 is 11.6 Å². The van der Waals surface area contributed by atoms with Crippen molar-refractivity contribution in [1.82, 2.24) is 5.32 Å². The molecular weight excluding hydrogens is 201 g/mol. The van der Waals surface area contributed by atoms with Gasteiger partial charge in [0.1, 0.15) is 5.82 Å². The first-order valence-corrected chi connectivity index (χ1v) is 5.20. The molecule has 1 aromatic carbocycles. The second-order valence-electron chi connectivity index (χ2n) is 3.83. The van der Waals surface area contributed by atoms with Crippen LogP contribution in [0.2, 0.25) is 5.02 Å². The zero-order valence-electron chi connectivity index (χ0n) is 8.06. The molecule has 1 N–H and O–H groups in total. The summed E-state index contributed by atoms with van der Waals surface area (Å²) in [6, 6.07) is 5.64. The average molecular weight is 214 g/mol. The van der Waals surface area contributed by atoms with Crippen LogP contribution in [0.4, 0.5) is 4.39 Å². The summed E-state index contributed by atoms with van der Waals surface area (Å²) >= 11 is 5.72. The van der Waals surface area contributed by atoms with Crippen molar-refractivity contribution in [2.45, 2.75) is 24.8 Å². The van der Waals surface area contributed by atoms with E-state index in [0.717, 1.165) is 18.4 Å². The van der Waals surface area contributed by atoms with Gasteiger partial charge in [-0.15, -0.1) is 0 Å². The molecule has 0 amide bonds. The molecule has 0 aliphatic heterocycles. The maximum atomic E-state index is 12.9. The summed E-state index contributed by atoms with van der Waals surface area (Å²) in [7, 11) is 1.97. The van der Waals surface area contributed by atoms with Crippen LogP contribution in [0.15, 0.2) is 18.2 Å². The molecule has 1 fully saturated rings. The molecule has 1 aliphatic carbocycles. The lowest BCUT2D eigenvalue weighted by molar-refractivity contribution is 0.307. The Kier molecular flexibility index (Phi) is 2.75. The SMILES string of the molecule is CNC1CC(c2ccc(F)c(Cl)c2)C1. The van der Waals surface area contributed by atoms with Gasteiger partial charge in [0, 0.05) is 6.04 Å². The van der Waals surface area contributed by atoms with Crippen molar-refractivity contribution in [2.75, 3.05) is 7.05 Å². The smallest absolute Gasteiger partial charge is 0.141 e. The van der Waals surface area contributed by atoms with Gasteiger partial charge in [0.15, 0.2) is 0 Å². The van der Waals surface area contributed by atoms with Crippen molar-refractivity contribution in [3.8, 4) is 0 Å². The van der Waals surface area contributed by atoms with Crippen LogP contribution in [0.5, 0.6) is 0 Å². The van der Waals surface area contributed by atoms with Gasteiger partial charge in [0.2, 0.25) is 0 Å². The van der Waals surface area contributed by atoms with E-state index >= 15 is 0 Å². The van der Waals surface area contributed by atoms with Crippen LogP contribution < -0.4 is 5.32 Å². The lowest BCUT2D eigenvalue weighted by Crippen LogP contribution is -2.37. The molecule has 14 heavy (non-hydrogen) atoms. The number of nitrogens with one attached hydrogen (secondary N) is 1. The quantitative estimate of drug-likeness (QED) is 0.797. The largest absolute Gasteiger partial charge is 0.317 e. The molecule has 0 aromatic heterocycles. The van der Waals surface area contributed by atoms with Crippen LogP contribution in [-0.4, -0.2) is 13.1 Å². The predicted octanol–water partition coefficient (Wildman–Crippen LogP) is 2.94. The number of rotatable bonds is 2. The predicted molar refractivity (Wildman–Crippen MR) is 56.2 cm³/mol. The van der Waals surface area contributed by atoms with E-state index in [9.17, 15) is 4.39 Å². The highest BCUT2D eigenvalue weighted by Crippen LogP contribution is 2.37. The minimum Gasteiger partial charge on any atom is -0.317 e. The van der Waals surface area contributed by atoms with E-state index in [0.29, 0.717) is 12.0 Å². The maximum Gasteiger partial charge on any atom is 0.141 e. The van der Waals surface area contributed by atoms with E-state index in [4.69, 9.17) is 11.6 Å². The second kappa shape index (κ2) is 3.87. The van der Waals surface area contributed by atoms with Gasteiger partial charge in [-0.05, 0) is 43.5 Å². The molecule has 76 valence electrons. The number of halogens is 2. The Morgan fingerprint density at radius 2 is 2.14 bits per heavy atom. The molecule has 3 heteroatoms. The van der Waals surface area contributed by atoms with E-state index in [1.54, 1.807) is 6.07 Å². The summed E-state index contributed by atoms with van der Waals surface area (Å²) in [5.41, 5.74) is 1.16. The highest BCUT2D eigenvalue weighted by molar-refractivity contribution is 6.30. The molecule has 0 saturated heterocycles. The fraction of sp³-hybridized carbons (Fsp3) is 0.455. The van der Waals surface area contributed by atoms with Gasteiger partial charge in [0.25, 0.3) is 0 Å². The third-order valence-corrected chi connectivity index (χ3v) is 3.25. The monoisotopic (exact) mass is 213 g/mol. The van der Waals surface area contributed by atoms with E-state index in [1.165, 1.54) is 6.07 Å². The van der Waals surface area contributed by atoms with Crippen LogP contribution in [0.3, 0.4) is 0 Å². The van der Waals surface area contributed by atoms with Crippen molar-refractivity contribution in [3.63, 3.8) is 0 Å². The van der Waals surface area contributed by atoms with Gasteiger partial charge in [-0.1, -0.05) is 17.7 Å². The highest BCUT2D eigenvalue weighted by atomic mass is 35.5. The van der Waals surface area contributed by atoms with E-state index < -0.39 is 0 Å². The summed E-state index contributed by atoms with van der Waals surface area (Å²) < 4.78 is 12.9. The maximum absolute atomic E-state index is 12.9. The number of benzene rings is 1. The molecule has 1 saturated carbocycles. The summed E-state index contributed by atoms with van der Waals surface area (Å²) in [6.07, 6.45) is 2.25. The molecule has 0 unspecified atom stereocenters. The molecule has 1 aromatic rings. The summed E-state index contributed by atoms with van der Waals surface area (Å²) in [6.45, 7) is 0. The lowest BCUT2D eigenvalue weighted by Gasteiger charge is -2.35. The Hall–Kier alpha value is -0.600. The second-order valence-corrected chi connectivity index (χ2v) is 4.23. The van der Waals surface area contributed by atoms with Crippen molar-refractivity contribution in [2.24, 2.45) is 0 Å². The lowest BCUT2D eigenvalue weighted by atomic mass is 9.76. The van der Waals surface area contributed by atoms with Gasteiger partial charge in [-0.2, -0.15) is 0 Å². The van der Waals surface area contributed by atoms with Crippen LogP contribution in [0.1, 0.15) is 24.3 Å². The molecule has 1 aliphatic rings. The number of hydrogen-bond donors (Lipinski definition) is 1. The van der Waals surface area contributed by atoms with Crippen LogP contribution in [0, 0.1) is 5.82 Å². The van der Waals surface area contributed by atoms with E-state index in [2.05, 4.69) is 5.32 Å². The normalized spacial score (nSPS) is 25.9. The van der Waals surface area contributed by atoms with Crippen molar-refractivity contribution < 1.29 is 4.39 Å². The Bertz CT molecular complexity index is 334. The topological polar surface area (TPSA) is 12.0 Å². The minimum atomic E-state index is -0.333. The zero-order chi connectivity index (χ0) is 10.1. The summed E-state index contributed by atoms with van der Waals surface area (Å²) in [5.74, 6) is 0.213. The zero-order valence-corrected chi connectivity index (χ0v) is 8.81. The van der Waals surface area contributed by atoms with Gasteiger partial charge in [-0.3, -0.25) is 0 Å². The fourth-order valence-electron chi connectivity index (χ4n) is 1.89. The number of hydrogen-bond acceptors (Lipinski definition) is 1. The van der Waals surface area contributed by atoms with Gasteiger partial charge in [0.05, 0.1) is 5.02 Å². The van der Waals surface area contributed by atoms with Crippen LogP contribution in [0.25, 0.3) is 0 Å². The third kappa shape index (κ3) is 1.77. The first kappa shape index (κ1) is 9.94. The van der Waals surface area contributed by atoms with Gasteiger partial charge >= 0.3 is 0 Å².